The summed E-state index contributed by atoms with van der Waals surface area (Å²) in [5.41, 5.74) is 14.2. The Balaban J connectivity index is -0.000000219. The summed E-state index contributed by atoms with van der Waals surface area (Å²) in [5.74, 6) is 6.93. The molecule has 0 bridgehead atoms. The molecular weight excluding hydrogens is 328 g/mol. The molecule has 0 atom stereocenters. The van der Waals surface area contributed by atoms with Gasteiger partial charge in [-0.25, -0.2) is 5.84 Å². The molecule has 0 unspecified atom stereocenters. The van der Waals surface area contributed by atoms with E-state index in [1.54, 1.807) is 0 Å². The number of hydrazone groups is 1. The largest absolute Gasteiger partial charge is 0.481 e. The van der Waals surface area contributed by atoms with Gasteiger partial charge in [-0.2, -0.15) is 0 Å². The second kappa shape index (κ2) is 13.8. The minimum Gasteiger partial charge on any atom is -0.481 e. The second-order valence-corrected chi connectivity index (χ2v) is 3.05. The van der Waals surface area contributed by atoms with Crippen molar-refractivity contribution in [3.05, 3.63) is 0 Å². The summed E-state index contributed by atoms with van der Waals surface area (Å²) in [6.07, 6.45) is 0. The fraction of sp³-hybridized carbons (Fsp3) is 0.333. The molecule has 0 heterocycles. The maximum Gasteiger partial charge on any atom is 0.324 e. The first-order chi connectivity index (χ1) is 8.58. The Hall–Kier alpha value is -2.28. The molecule has 0 fully saturated rings. The molecule has 0 radical (unpaired) electrons. The molecule has 0 spiro atoms. The van der Waals surface area contributed by atoms with E-state index in [1.165, 1.54) is 0 Å². The van der Waals surface area contributed by atoms with Gasteiger partial charge in [0.1, 0.15) is 11.9 Å². The van der Waals surface area contributed by atoms with Crippen LogP contribution in [0.2, 0.25) is 0 Å². The number of guanidine groups is 2. The van der Waals surface area contributed by atoms with E-state index in [0.29, 0.717) is 5.01 Å². The first kappa shape index (κ1) is 21.9. The molecule has 112 valence electrons. The number of nitrogens with two attached hydrogens (primary N) is 5. The van der Waals surface area contributed by atoms with Crippen LogP contribution in [0.5, 0.6) is 0 Å². The van der Waals surface area contributed by atoms with Crippen LogP contribution in [0.25, 0.3) is 0 Å². The Bertz CT molecular complexity index is 318. The number of carboxylic acids is 2. The van der Waals surface area contributed by atoms with E-state index >= 15 is 0 Å². The van der Waals surface area contributed by atoms with E-state index < -0.39 is 24.4 Å². The van der Waals surface area contributed by atoms with Gasteiger partial charge >= 0.3 is 11.9 Å². The Kier molecular flexibility index (Phi) is 15.9. The van der Waals surface area contributed by atoms with Crippen LogP contribution in [0, 0.1) is 5.41 Å². The molecule has 12 nitrogen and oxygen atoms in total. The number of alkyl halides is 1. The third-order valence-corrected chi connectivity index (χ3v) is 1.36. The lowest BCUT2D eigenvalue weighted by Crippen LogP contribution is -2.44. The van der Waals surface area contributed by atoms with E-state index in [4.69, 9.17) is 38.7 Å². The Labute approximate surface area is 116 Å². The lowest BCUT2D eigenvalue weighted by atomic mass is 10.6. The number of hydrogen-bond acceptors (Lipinski definition) is 6. The molecule has 0 aliphatic carbocycles. The molecule has 0 aromatic carbocycles. The fourth-order valence-corrected chi connectivity index (χ4v) is 0.231. The standard InChI is InChI=1S/C3H8N4O2.C2H3BrO2.CH6N4/c4-3(5)7(6)1-2(8)9;3-1-2(4)5;2-1(3)5-4/h1,6H2,(H3,4,5)(H,8,9);1H2,(H,4,5);4H2,(H4,2,3,5). The SMILES string of the molecule is N=C(N)N(N)CC(=O)O.NN=C(N)N.O=C(O)CBr. The van der Waals surface area contributed by atoms with Gasteiger partial charge in [0.05, 0.1) is 0 Å². The van der Waals surface area contributed by atoms with E-state index in [1.807, 2.05) is 0 Å². The number of carbonyl (C=O) groups is 2. The maximum absolute atomic E-state index is 9.84. The summed E-state index contributed by atoms with van der Waals surface area (Å²) < 4.78 is 0. The zero-order chi connectivity index (χ0) is 16.0. The van der Waals surface area contributed by atoms with Gasteiger partial charge in [0.2, 0.25) is 11.9 Å². The quantitative estimate of drug-likeness (QED) is 0.0833. The van der Waals surface area contributed by atoms with Crippen LogP contribution < -0.4 is 28.9 Å². The highest BCUT2D eigenvalue weighted by molar-refractivity contribution is 9.09. The predicted octanol–water partition coefficient (Wildman–Crippen LogP) is -3.26. The Morgan fingerprint density at radius 2 is 1.53 bits per heavy atom. The van der Waals surface area contributed by atoms with Crippen molar-refractivity contribution in [3.63, 3.8) is 0 Å². The Morgan fingerprint density at radius 1 is 1.21 bits per heavy atom. The molecule has 0 aromatic heterocycles. The number of nitrogens with zero attached hydrogens (tertiary/aromatic N) is 2. The molecule has 0 aliphatic rings. The van der Waals surface area contributed by atoms with Gasteiger partial charge in [0, 0.05) is 0 Å². The first-order valence-corrected chi connectivity index (χ1v) is 5.35. The van der Waals surface area contributed by atoms with E-state index in [0.717, 1.165) is 0 Å². The number of hydrogen-bond donors (Lipinski definition) is 8. The number of aliphatic carboxylic acids is 2. The molecule has 13 heteroatoms. The Morgan fingerprint density at radius 3 is 1.58 bits per heavy atom. The average Bonchev–Trinajstić information content (AvgIpc) is 2.29. The zero-order valence-corrected chi connectivity index (χ0v) is 11.4. The number of carboxylic acid groups (broad SMARTS) is 2. The van der Waals surface area contributed by atoms with Crippen molar-refractivity contribution < 1.29 is 19.8 Å². The molecule has 13 N–H and O–H groups in total. The number of hydrazine groups is 1. The minimum absolute atomic E-state index is 0.0347. The number of nitrogens with one attached hydrogen (secondary N) is 1. The highest BCUT2D eigenvalue weighted by atomic mass is 79.9. The highest BCUT2D eigenvalue weighted by Crippen LogP contribution is 1.73. The van der Waals surface area contributed by atoms with Crippen molar-refractivity contribution in [3.8, 4) is 0 Å². The predicted molar refractivity (Wildman–Crippen MR) is 71.9 cm³/mol. The van der Waals surface area contributed by atoms with E-state index in [-0.39, 0.29) is 11.3 Å². The van der Waals surface area contributed by atoms with Crippen LogP contribution in [0.1, 0.15) is 0 Å². The number of halogens is 1. The average molecular weight is 345 g/mol. The molecular formula is C6H17BrN8O4. The van der Waals surface area contributed by atoms with Crippen molar-refractivity contribution >= 4 is 39.8 Å². The summed E-state index contributed by atoms with van der Waals surface area (Å²) >= 11 is 2.71. The topological polar surface area (TPSA) is 244 Å². The molecule has 0 saturated carbocycles. The van der Waals surface area contributed by atoms with Crippen LogP contribution >= 0.6 is 15.9 Å². The van der Waals surface area contributed by atoms with Gasteiger partial charge in [0.15, 0.2) is 0 Å². The summed E-state index contributed by atoms with van der Waals surface area (Å²) in [5, 5.41) is 25.9. The smallest absolute Gasteiger partial charge is 0.324 e. The van der Waals surface area contributed by atoms with Gasteiger partial charge in [-0.3, -0.25) is 20.0 Å². The van der Waals surface area contributed by atoms with Crippen molar-refractivity contribution in [1.82, 2.24) is 5.01 Å². The number of rotatable bonds is 3. The van der Waals surface area contributed by atoms with Gasteiger partial charge in [-0.1, -0.05) is 15.9 Å². The van der Waals surface area contributed by atoms with Crippen molar-refractivity contribution in [2.45, 2.75) is 0 Å². The van der Waals surface area contributed by atoms with Crippen LogP contribution in [0.4, 0.5) is 0 Å². The van der Waals surface area contributed by atoms with E-state index in [2.05, 4.69) is 26.9 Å². The fourth-order valence-electron chi connectivity index (χ4n) is 0.231. The van der Waals surface area contributed by atoms with Gasteiger partial charge in [-0.05, 0) is 0 Å². The van der Waals surface area contributed by atoms with Crippen molar-refractivity contribution in [1.29, 1.82) is 5.41 Å². The minimum atomic E-state index is -1.12. The van der Waals surface area contributed by atoms with Gasteiger partial charge < -0.3 is 33.3 Å². The molecule has 0 aromatic rings. The van der Waals surface area contributed by atoms with Gasteiger partial charge in [0.25, 0.3) is 0 Å². The summed E-state index contributed by atoms with van der Waals surface area (Å²) in [6.45, 7) is -0.449. The van der Waals surface area contributed by atoms with E-state index in [9.17, 15) is 9.59 Å². The lowest BCUT2D eigenvalue weighted by molar-refractivity contribution is -0.137. The van der Waals surface area contributed by atoms with Crippen LogP contribution in [0.15, 0.2) is 5.10 Å². The van der Waals surface area contributed by atoms with Crippen LogP contribution in [-0.4, -0.2) is 51.0 Å². The van der Waals surface area contributed by atoms with Gasteiger partial charge in [-0.15, -0.1) is 5.10 Å². The summed E-state index contributed by atoms with van der Waals surface area (Å²) in [6, 6.07) is 0. The molecule has 19 heavy (non-hydrogen) atoms. The third kappa shape index (κ3) is 31.3. The summed E-state index contributed by atoms with van der Waals surface area (Å²) in [7, 11) is 0. The normalized spacial score (nSPS) is 7.68. The van der Waals surface area contributed by atoms with Crippen molar-refractivity contribution in [2.24, 2.45) is 34.0 Å². The third-order valence-electron chi connectivity index (χ3n) is 0.878. The zero-order valence-electron chi connectivity index (χ0n) is 9.78. The second-order valence-electron chi connectivity index (χ2n) is 2.49. The molecule has 0 rings (SSSR count). The maximum atomic E-state index is 9.84. The van der Waals surface area contributed by atoms with Crippen LogP contribution in [0.3, 0.4) is 0 Å². The monoisotopic (exact) mass is 344 g/mol. The first-order valence-electron chi connectivity index (χ1n) is 4.23. The van der Waals surface area contributed by atoms with Crippen molar-refractivity contribution in [2.75, 3.05) is 11.9 Å². The molecule has 0 aliphatic heterocycles. The molecule has 0 amide bonds. The molecule has 0 saturated heterocycles. The van der Waals surface area contributed by atoms with Crippen LogP contribution in [-0.2, 0) is 9.59 Å². The highest BCUT2D eigenvalue weighted by Gasteiger charge is 2.03. The lowest BCUT2D eigenvalue weighted by Gasteiger charge is -2.11. The summed E-state index contributed by atoms with van der Waals surface area (Å²) in [4.78, 5) is 19.2.